The Morgan fingerprint density at radius 1 is 1.06 bits per heavy atom. The van der Waals surface area contributed by atoms with Gasteiger partial charge < -0.3 is 15.0 Å². The summed E-state index contributed by atoms with van der Waals surface area (Å²) < 4.78 is 21.3. The van der Waals surface area contributed by atoms with E-state index in [1.165, 1.54) is 18.7 Å². The zero-order chi connectivity index (χ0) is 23.2. The van der Waals surface area contributed by atoms with Crippen LogP contribution < -0.4 is 11.3 Å². The average Bonchev–Trinajstić information content (AvgIpc) is 3.19. The van der Waals surface area contributed by atoms with Crippen LogP contribution in [-0.4, -0.2) is 22.6 Å². The maximum Gasteiger partial charge on any atom is 0.310 e. The molecule has 2 N–H and O–H groups in total. The lowest BCUT2D eigenvalue weighted by Crippen LogP contribution is -2.30. The number of aromatic nitrogens is 2. The first-order chi connectivity index (χ1) is 15.5. The predicted octanol–water partition coefficient (Wildman–Crippen LogP) is 3.56. The van der Waals surface area contributed by atoms with E-state index in [0.717, 1.165) is 47.2 Å². The molecule has 6 nitrogen and oxygen atoms in total. The number of nitrogens with two attached hydrogens (primary N) is 1. The molecule has 168 valence electrons. The Kier molecular flexibility index (Phi) is 5.86. The van der Waals surface area contributed by atoms with Gasteiger partial charge in [0.05, 0.1) is 35.4 Å². The molecule has 0 saturated heterocycles. The van der Waals surface area contributed by atoms with Crippen molar-refractivity contribution in [3.05, 3.63) is 61.7 Å². The van der Waals surface area contributed by atoms with Crippen LogP contribution in [0, 0.1) is 12.7 Å². The number of cyclic esters (lactones) is 1. The van der Waals surface area contributed by atoms with Gasteiger partial charge in [-0.3, -0.25) is 9.59 Å². The minimum Gasteiger partial charge on any atom is -0.460 e. The molecule has 0 radical (unpaired) electrons. The number of nitrogens with zero attached hydrogens (tertiary/aromatic N) is 2. The molecule has 3 aromatic rings. The van der Waals surface area contributed by atoms with E-state index in [1.807, 2.05) is 26.8 Å². The minimum absolute atomic E-state index is 0.0282. The molecule has 3 aliphatic rings. The van der Waals surface area contributed by atoms with E-state index in [0.29, 0.717) is 28.8 Å². The van der Waals surface area contributed by atoms with Crippen molar-refractivity contribution in [3.63, 3.8) is 0 Å². The number of fused-ring (bicyclic) bond motifs is 5. The van der Waals surface area contributed by atoms with Gasteiger partial charge in [-0.2, -0.15) is 0 Å². The molecule has 0 saturated carbocycles. The smallest absolute Gasteiger partial charge is 0.310 e. The monoisotopic (exact) mass is 437 g/mol. The zero-order valence-corrected chi connectivity index (χ0v) is 19.0. The number of hydrogen-bond donors (Lipinski definition) is 1. The van der Waals surface area contributed by atoms with E-state index in [1.54, 1.807) is 4.57 Å². The number of carbonyl (C=O) groups excluding carboxylic acids is 1. The van der Waals surface area contributed by atoms with Crippen LogP contribution in [0.4, 0.5) is 4.39 Å². The first-order valence-electron chi connectivity index (χ1n) is 11.2. The molecular weight excluding hydrogens is 409 g/mol. The van der Waals surface area contributed by atoms with Crippen molar-refractivity contribution in [1.82, 2.24) is 9.55 Å². The van der Waals surface area contributed by atoms with Gasteiger partial charge in [0.25, 0.3) is 5.56 Å². The number of carbonyl (C=O) groups is 1. The first-order valence-corrected chi connectivity index (χ1v) is 11.2. The van der Waals surface area contributed by atoms with Gasteiger partial charge in [0, 0.05) is 17.0 Å². The number of rotatable bonds is 0. The normalized spacial score (nSPS) is 14.9. The van der Waals surface area contributed by atoms with Crippen LogP contribution in [0.1, 0.15) is 53.6 Å². The second-order valence-electron chi connectivity index (χ2n) is 7.89. The van der Waals surface area contributed by atoms with E-state index in [-0.39, 0.29) is 30.4 Å². The lowest BCUT2D eigenvalue weighted by atomic mass is 9.85. The van der Waals surface area contributed by atoms with E-state index >= 15 is 0 Å². The molecule has 32 heavy (non-hydrogen) atoms. The van der Waals surface area contributed by atoms with Crippen molar-refractivity contribution in [2.45, 2.75) is 59.6 Å². The molecule has 1 aliphatic carbocycles. The van der Waals surface area contributed by atoms with Crippen molar-refractivity contribution in [3.8, 4) is 11.4 Å². The van der Waals surface area contributed by atoms with Gasteiger partial charge in [-0.05, 0) is 61.6 Å². The Balaban J connectivity index is 0.000000582. The zero-order valence-electron chi connectivity index (χ0n) is 19.0. The van der Waals surface area contributed by atoms with Gasteiger partial charge in [0.1, 0.15) is 12.4 Å². The highest BCUT2D eigenvalue weighted by atomic mass is 19.1. The van der Waals surface area contributed by atoms with Gasteiger partial charge in [-0.15, -0.1) is 0 Å². The average molecular weight is 438 g/mol. The second kappa shape index (κ2) is 8.47. The van der Waals surface area contributed by atoms with Crippen LogP contribution in [0.2, 0.25) is 0 Å². The number of benzene rings is 1. The number of aryl methyl sites for hydroxylation is 2. The number of halogens is 1. The van der Waals surface area contributed by atoms with Crippen molar-refractivity contribution in [2.75, 3.05) is 7.05 Å². The molecule has 0 bridgehead atoms. The third kappa shape index (κ3) is 3.14. The van der Waals surface area contributed by atoms with Crippen LogP contribution in [0.5, 0.6) is 0 Å². The quantitative estimate of drug-likeness (QED) is 0.425. The van der Waals surface area contributed by atoms with Crippen LogP contribution in [0.15, 0.2) is 16.9 Å². The maximum atomic E-state index is 14.5. The molecule has 0 atom stereocenters. The largest absolute Gasteiger partial charge is 0.460 e. The van der Waals surface area contributed by atoms with Gasteiger partial charge in [-0.25, -0.2) is 9.37 Å². The molecule has 0 spiro atoms. The summed E-state index contributed by atoms with van der Waals surface area (Å²) in [5, 5.41) is 1.06. The van der Waals surface area contributed by atoms with Crippen molar-refractivity contribution >= 4 is 16.9 Å². The van der Waals surface area contributed by atoms with E-state index in [2.05, 4.69) is 5.73 Å². The fourth-order valence-electron chi connectivity index (χ4n) is 5.03. The molecule has 0 fully saturated rings. The topological polar surface area (TPSA) is 87.2 Å². The Hall–Kier alpha value is -3.06. The number of pyridine rings is 2. The van der Waals surface area contributed by atoms with Crippen molar-refractivity contribution in [1.29, 1.82) is 0 Å². The summed E-state index contributed by atoms with van der Waals surface area (Å²) in [6.07, 6.45) is 2.83. The van der Waals surface area contributed by atoms with Gasteiger partial charge in [0.15, 0.2) is 0 Å². The van der Waals surface area contributed by atoms with E-state index in [9.17, 15) is 14.0 Å². The molecule has 0 amide bonds. The SMILES string of the molecule is CC.CN.Cc1c(F)cc2nc3c(c4c2c1CCC4)Cn1c-3cc2c(c1=O)COC(=O)C2. The van der Waals surface area contributed by atoms with E-state index in [4.69, 9.17) is 9.72 Å². The van der Waals surface area contributed by atoms with Crippen LogP contribution in [0.25, 0.3) is 22.3 Å². The molecule has 4 heterocycles. The van der Waals surface area contributed by atoms with Gasteiger partial charge in [0.2, 0.25) is 0 Å². The Labute approximate surface area is 186 Å². The molecule has 1 aromatic carbocycles. The molecule has 2 aromatic heterocycles. The predicted molar refractivity (Wildman–Crippen MR) is 122 cm³/mol. The number of ether oxygens (including phenoxy) is 1. The Bertz CT molecular complexity index is 1310. The summed E-state index contributed by atoms with van der Waals surface area (Å²) in [6.45, 7) is 6.33. The Morgan fingerprint density at radius 3 is 2.53 bits per heavy atom. The van der Waals surface area contributed by atoms with Gasteiger partial charge >= 0.3 is 5.97 Å². The third-order valence-electron chi connectivity index (χ3n) is 6.43. The Morgan fingerprint density at radius 2 is 1.78 bits per heavy atom. The molecule has 2 aliphatic heterocycles. The van der Waals surface area contributed by atoms with Gasteiger partial charge in [-0.1, -0.05) is 13.8 Å². The number of hydrogen-bond acceptors (Lipinski definition) is 5. The van der Waals surface area contributed by atoms with E-state index < -0.39 is 0 Å². The lowest BCUT2D eigenvalue weighted by Gasteiger charge is -2.21. The summed E-state index contributed by atoms with van der Waals surface area (Å²) in [4.78, 5) is 29.5. The van der Waals surface area contributed by atoms with Crippen molar-refractivity contribution < 1.29 is 13.9 Å². The van der Waals surface area contributed by atoms with Crippen molar-refractivity contribution in [2.24, 2.45) is 5.73 Å². The summed E-state index contributed by atoms with van der Waals surface area (Å²) in [7, 11) is 1.50. The third-order valence-corrected chi connectivity index (χ3v) is 6.43. The second-order valence-corrected chi connectivity index (χ2v) is 7.89. The molecule has 6 rings (SSSR count). The lowest BCUT2D eigenvalue weighted by molar-refractivity contribution is -0.145. The summed E-state index contributed by atoms with van der Waals surface area (Å²) in [5.74, 6) is -0.551. The number of esters is 1. The highest BCUT2D eigenvalue weighted by Gasteiger charge is 2.32. The standard InChI is InChI=1S/C22H17FN2O3.C2H6.CH5N/c1-10-12-3-2-4-13-14-8-25-18(21(14)24-17(20(12)13)7-16(10)23)5-11-6-19(26)28-9-15(11)22(25)27;2*1-2/h5,7H,2-4,6,8-9H2,1H3;1-2H3;2H2,1H3. The summed E-state index contributed by atoms with van der Waals surface area (Å²) in [5.41, 5.74) is 11.8. The molecule has 0 unspecified atom stereocenters. The van der Waals surface area contributed by atoms with Crippen LogP contribution in [0.3, 0.4) is 0 Å². The fraction of sp³-hybridized carbons (Fsp3) is 0.400. The van der Waals surface area contributed by atoms with Crippen LogP contribution in [-0.2, 0) is 41.9 Å². The summed E-state index contributed by atoms with van der Waals surface area (Å²) in [6, 6.07) is 3.41. The fourth-order valence-corrected chi connectivity index (χ4v) is 5.03. The van der Waals surface area contributed by atoms with Crippen LogP contribution >= 0.6 is 0 Å². The first kappa shape index (κ1) is 22.1. The highest BCUT2D eigenvalue weighted by molar-refractivity contribution is 5.92. The maximum absolute atomic E-state index is 14.5. The minimum atomic E-state index is -0.321. The highest BCUT2D eigenvalue weighted by Crippen LogP contribution is 2.41. The molecule has 7 heteroatoms. The summed E-state index contributed by atoms with van der Waals surface area (Å²) >= 11 is 0. The molecular formula is C25H28FN3O3.